The summed E-state index contributed by atoms with van der Waals surface area (Å²) in [4.78, 5) is 7.55. The minimum atomic E-state index is -0.340. The van der Waals surface area contributed by atoms with Crippen molar-refractivity contribution in [2.24, 2.45) is 0 Å². The molecule has 8 nitrogen and oxygen atoms in total. The number of hydrogen-bond acceptors (Lipinski definition) is 8. The van der Waals surface area contributed by atoms with E-state index in [-0.39, 0.29) is 18.5 Å². The number of aromatic hydroxyl groups is 1. The van der Waals surface area contributed by atoms with E-state index in [0.29, 0.717) is 41.0 Å². The largest absolute Gasteiger partial charge is 0.493 e. The summed E-state index contributed by atoms with van der Waals surface area (Å²) in [5.74, 6) is 1.29. The summed E-state index contributed by atoms with van der Waals surface area (Å²) in [5.41, 5.74) is 0.853. The van der Waals surface area contributed by atoms with E-state index < -0.39 is 0 Å². The van der Waals surface area contributed by atoms with Gasteiger partial charge in [0.2, 0.25) is 10.8 Å². The maximum atomic E-state index is 10.8. The molecule has 1 unspecified atom stereocenters. The van der Waals surface area contributed by atoms with Gasteiger partial charge in [-0.2, -0.15) is 9.61 Å². The summed E-state index contributed by atoms with van der Waals surface area (Å²) in [6.07, 6.45) is 1.41. The molecule has 0 aliphatic carbocycles. The zero-order chi connectivity index (χ0) is 19.4. The van der Waals surface area contributed by atoms with E-state index in [2.05, 4.69) is 15.0 Å². The molecule has 1 aromatic carbocycles. The Kier molecular flexibility index (Phi) is 6.15. The number of likely N-dealkylation sites (N-methyl/N-ethyl adjacent to an activating group) is 1. The van der Waals surface area contributed by atoms with Crippen molar-refractivity contribution < 1.29 is 19.7 Å². The highest BCUT2D eigenvalue weighted by atomic mass is 32.1. The van der Waals surface area contributed by atoms with Crippen LogP contribution in [0.5, 0.6) is 17.4 Å². The fourth-order valence-electron chi connectivity index (χ4n) is 3.18. The van der Waals surface area contributed by atoms with Crippen LogP contribution in [0.1, 0.15) is 30.3 Å². The molecule has 0 fully saturated rings. The van der Waals surface area contributed by atoms with Crippen LogP contribution in [0.2, 0.25) is 0 Å². The molecule has 3 rings (SSSR count). The molecular formula is C18H24N4O4S. The number of nitrogens with zero attached hydrogens (tertiary/aromatic N) is 4. The standard InChI is InChI=1S/C18H24N4O4S/c1-4-21(9-10-23)14(16-17(24)22-18(27-16)19-11-20-22)12-7-6-8-13(25-3)15(12)26-5-2/h6-8,11,14,23-24H,4-5,9-10H2,1-3H3. The summed E-state index contributed by atoms with van der Waals surface area (Å²) in [6.45, 7) is 5.51. The third-order valence-electron chi connectivity index (χ3n) is 4.36. The minimum Gasteiger partial charge on any atom is -0.493 e. The quantitative estimate of drug-likeness (QED) is 0.577. The lowest BCUT2D eigenvalue weighted by Gasteiger charge is -2.31. The molecule has 0 amide bonds. The van der Waals surface area contributed by atoms with Gasteiger partial charge in [-0.15, -0.1) is 0 Å². The van der Waals surface area contributed by atoms with Crippen LogP contribution in [0, 0.1) is 0 Å². The summed E-state index contributed by atoms with van der Waals surface area (Å²) < 4.78 is 12.8. The van der Waals surface area contributed by atoms with Crippen LogP contribution in [0.4, 0.5) is 0 Å². The number of hydrogen-bond donors (Lipinski definition) is 2. The minimum absolute atomic E-state index is 0.000200. The summed E-state index contributed by atoms with van der Waals surface area (Å²) in [5, 5.41) is 24.4. The van der Waals surface area contributed by atoms with Crippen molar-refractivity contribution in [2.75, 3.05) is 33.4 Å². The average Bonchev–Trinajstić information content (AvgIpc) is 3.26. The lowest BCUT2D eigenvalue weighted by atomic mass is 10.0. The summed E-state index contributed by atoms with van der Waals surface area (Å²) in [7, 11) is 1.60. The molecule has 3 aromatic rings. The van der Waals surface area contributed by atoms with Gasteiger partial charge in [-0.25, -0.2) is 4.98 Å². The number of benzene rings is 1. The molecule has 0 radical (unpaired) electrons. The van der Waals surface area contributed by atoms with Crippen LogP contribution in [0.25, 0.3) is 4.96 Å². The molecule has 0 saturated carbocycles. The molecule has 2 heterocycles. The second-order valence-electron chi connectivity index (χ2n) is 5.81. The number of fused-ring (bicyclic) bond motifs is 1. The van der Waals surface area contributed by atoms with Crippen LogP contribution >= 0.6 is 11.3 Å². The SMILES string of the molecule is CCOc1c(OC)cccc1C(c1sc2ncnn2c1O)N(CC)CCO. The van der Waals surface area contributed by atoms with Gasteiger partial charge < -0.3 is 19.7 Å². The normalized spacial score (nSPS) is 12.6. The molecule has 2 aromatic heterocycles. The molecule has 0 saturated heterocycles. The molecule has 0 aliphatic rings. The van der Waals surface area contributed by atoms with Crippen molar-refractivity contribution in [2.45, 2.75) is 19.9 Å². The monoisotopic (exact) mass is 392 g/mol. The second kappa shape index (κ2) is 8.55. The number of rotatable bonds is 9. The van der Waals surface area contributed by atoms with Crippen LogP contribution in [-0.2, 0) is 0 Å². The van der Waals surface area contributed by atoms with Crippen molar-refractivity contribution in [1.82, 2.24) is 19.5 Å². The lowest BCUT2D eigenvalue weighted by molar-refractivity contribution is 0.171. The summed E-state index contributed by atoms with van der Waals surface area (Å²) >= 11 is 1.36. The van der Waals surface area contributed by atoms with E-state index in [1.54, 1.807) is 7.11 Å². The van der Waals surface area contributed by atoms with Crippen molar-refractivity contribution in [3.8, 4) is 17.4 Å². The molecular weight excluding hydrogens is 368 g/mol. The van der Waals surface area contributed by atoms with Gasteiger partial charge in [0.1, 0.15) is 6.33 Å². The Morgan fingerprint density at radius 1 is 1.33 bits per heavy atom. The predicted octanol–water partition coefficient (Wildman–Crippen LogP) is 2.31. The van der Waals surface area contributed by atoms with Crippen molar-refractivity contribution in [1.29, 1.82) is 0 Å². The fourth-order valence-corrected chi connectivity index (χ4v) is 4.26. The van der Waals surface area contributed by atoms with E-state index in [0.717, 1.165) is 5.56 Å². The van der Waals surface area contributed by atoms with Crippen molar-refractivity contribution in [3.05, 3.63) is 35.0 Å². The number of aromatic nitrogens is 3. The second-order valence-corrected chi connectivity index (χ2v) is 6.82. The number of para-hydroxylation sites is 1. The molecule has 0 aliphatic heterocycles. The van der Waals surface area contributed by atoms with E-state index in [1.165, 1.54) is 22.2 Å². The van der Waals surface area contributed by atoms with Gasteiger partial charge in [0.15, 0.2) is 11.5 Å². The molecule has 146 valence electrons. The van der Waals surface area contributed by atoms with Crippen molar-refractivity contribution >= 4 is 16.3 Å². The van der Waals surface area contributed by atoms with E-state index in [4.69, 9.17) is 9.47 Å². The Morgan fingerprint density at radius 2 is 2.15 bits per heavy atom. The van der Waals surface area contributed by atoms with Gasteiger partial charge in [-0.1, -0.05) is 30.4 Å². The van der Waals surface area contributed by atoms with Gasteiger partial charge >= 0.3 is 0 Å². The van der Waals surface area contributed by atoms with E-state index in [9.17, 15) is 10.2 Å². The highest BCUT2D eigenvalue weighted by Gasteiger charge is 2.31. The number of aliphatic hydroxyl groups excluding tert-OH is 1. The first-order valence-electron chi connectivity index (χ1n) is 8.82. The molecule has 0 spiro atoms. The Hall–Kier alpha value is -2.36. The highest BCUT2D eigenvalue weighted by Crippen LogP contribution is 2.45. The lowest BCUT2D eigenvalue weighted by Crippen LogP contribution is -2.32. The van der Waals surface area contributed by atoms with Gasteiger partial charge in [-0.3, -0.25) is 4.90 Å². The maximum Gasteiger partial charge on any atom is 0.230 e. The topological polar surface area (TPSA) is 92.4 Å². The third-order valence-corrected chi connectivity index (χ3v) is 5.44. The molecule has 2 N–H and O–H groups in total. The van der Waals surface area contributed by atoms with Crippen molar-refractivity contribution in [3.63, 3.8) is 0 Å². The Morgan fingerprint density at radius 3 is 2.78 bits per heavy atom. The van der Waals surface area contributed by atoms with Crippen LogP contribution in [-0.4, -0.2) is 63.1 Å². The Balaban J connectivity index is 2.21. The van der Waals surface area contributed by atoms with Crippen LogP contribution < -0.4 is 9.47 Å². The first-order chi connectivity index (χ1) is 13.2. The van der Waals surface area contributed by atoms with Gasteiger partial charge in [0, 0.05) is 12.1 Å². The van der Waals surface area contributed by atoms with E-state index >= 15 is 0 Å². The summed E-state index contributed by atoms with van der Waals surface area (Å²) in [6, 6.07) is 5.35. The van der Waals surface area contributed by atoms with Gasteiger partial charge in [-0.05, 0) is 19.5 Å². The molecule has 1 atom stereocenters. The zero-order valence-electron chi connectivity index (χ0n) is 15.6. The average molecular weight is 392 g/mol. The predicted molar refractivity (Wildman–Crippen MR) is 103 cm³/mol. The maximum absolute atomic E-state index is 10.8. The first kappa shape index (κ1) is 19.4. The number of methoxy groups -OCH3 is 1. The number of aliphatic hydroxyl groups is 1. The number of ether oxygens (including phenoxy) is 2. The zero-order valence-corrected chi connectivity index (χ0v) is 16.4. The molecule has 27 heavy (non-hydrogen) atoms. The first-order valence-corrected chi connectivity index (χ1v) is 9.63. The van der Waals surface area contributed by atoms with Gasteiger partial charge in [0.25, 0.3) is 0 Å². The van der Waals surface area contributed by atoms with E-state index in [1.807, 2.05) is 32.0 Å². The Labute approximate surface area is 161 Å². The smallest absolute Gasteiger partial charge is 0.230 e. The fraction of sp³-hybridized carbons (Fsp3) is 0.444. The van der Waals surface area contributed by atoms with Crippen LogP contribution in [0.15, 0.2) is 24.5 Å². The van der Waals surface area contributed by atoms with Crippen LogP contribution in [0.3, 0.4) is 0 Å². The van der Waals surface area contributed by atoms with Gasteiger partial charge in [0.05, 0.1) is 31.2 Å². The Bertz CT molecular complexity index is 895. The molecule has 0 bridgehead atoms. The number of thiazole rings is 1. The third kappa shape index (κ3) is 3.58. The highest BCUT2D eigenvalue weighted by molar-refractivity contribution is 7.17. The molecule has 9 heteroatoms.